The van der Waals surface area contributed by atoms with Crippen molar-refractivity contribution >= 4 is 23.2 Å². The molecule has 0 spiro atoms. The van der Waals surface area contributed by atoms with Crippen molar-refractivity contribution in [3.05, 3.63) is 28.8 Å². The minimum Gasteiger partial charge on any atom is -0.325 e. The average Bonchev–Trinajstić information content (AvgIpc) is 2.39. The fraction of sp³-hybridized carbons (Fsp3) is 0.533. The molecule has 7 heteroatoms. The molecule has 1 aliphatic heterocycles. The Kier molecular flexibility index (Phi) is 5.34. The number of carbonyl (C=O) groups excluding carboxylic acids is 1. The zero-order valence-electron chi connectivity index (χ0n) is 12.2. The van der Waals surface area contributed by atoms with E-state index in [4.69, 9.17) is 11.6 Å². The summed E-state index contributed by atoms with van der Waals surface area (Å²) < 4.78 is 38.9. The Morgan fingerprint density at radius 1 is 1.45 bits per heavy atom. The van der Waals surface area contributed by atoms with Crippen molar-refractivity contribution in [2.45, 2.75) is 25.4 Å². The molecular weight excluding hydrogens is 317 g/mol. The maximum Gasteiger partial charge on any atom is 0.418 e. The minimum absolute atomic E-state index is 0.0146. The zero-order chi connectivity index (χ0) is 16.3. The van der Waals surface area contributed by atoms with Gasteiger partial charge >= 0.3 is 6.18 Å². The third-order valence-corrected chi connectivity index (χ3v) is 3.99. The maximum absolute atomic E-state index is 13.0. The molecule has 0 bridgehead atoms. The lowest BCUT2D eigenvalue weighted by molar-refractivity contribution is -0.137. The van der Waals surface area contributed by atoms with Gasteiger partial charge in [-0.1, -0.05) is 11.6 Å². The SMILES string of the molecule is CN1CCCC(CC(=O)Nc2ccc(Cl)cc2C(F)(F)F)C1. The molecule has 1 fully saturated rings. The molecule has 3 nitrogen and oxygen atoms in total. The molecule has 1 unspecified atom stereocenters. The van der Waals surface area contributed by atoms with Crippen LogP contribution in [0.3, 0.4) is 0 Å². The van der Waals surface area contributed by atoms with E-state index in [2.05, 4.69) is 10.2 Å². The summed E-state index contributed by atoms with van der Waals surface area (Å²) in [6.07, 6.45) is -2.41. The number of alkyl halides is 3. The number of rotatable bonds is 3. The standard InChI is InChI=1S/C15H18ClF3N2O/c1-21-6-2-3-10(9-21)7-14(22)20-13-5-4-11(16)8-12(13)15(17,18)19/h4-5,8,10H,2-3,6-7,9H2,1H3,(H,20,22). The van der Waals surface area contributed by atoms with Crippen LogP contribution in [-0.4, -0.2) is 30.9 Å². The Morgan fingerprint density at radius 2 is 2.18 bits per heavy atom. The van der Waals surface area contributed by atoms with Crippen molar-refractivity contribution in [2.75, 3.05) is 25.5 Å². The number of likely N-dealkylation sites (tertiary alicyclic amines) is 1. The van der Waals surface area contributed by atoms with Crippen molar-refractivity contribution in [3.63, 3.8) is 0 Å². The van der Waals surface area contributed by atoms with Gasteiger partial charge in [0.25, 0.3) is 0 Å². The summed E-state index contributed by atoms with van der Waals surface area (Å²) in [7, 11) is 1.98. The normalized spacial score (nSPS) is 20.0. The van der Waals surface area contributed by atoms with Gasteiger partial charge in [-0.25, -0.2) is 0 Å². The molecule has 122 valence electrons. The number of halogens is 4. The molecule has 1 aromatic rings. The Balaban J connectivity index is 2.05. The molecule has 1 N–H and O–H groups in total. The van der Waals surface area contributed by atoms with Crippen LogP contribution in [0.5, 0.6) is 0 Å². The van der Waals surface area contributed by atoms with E-state index in [-0.39, 0.29) is 23.0 Å². The van der Waals surface area contributed by atoms with E-state index in [1.807, 2.05) is 7.05 Å². The predicted molar refractivity (Wildman–Crippen MR) is 79.9 cm³/mol. The summed E-state index contributed by atoms with van der Waals surface area (Å²) >= 11 is 5.61. The van der Waals surface area contributed by atoms with Crippen molar-refractivity contribution in [3.8, 4) is 0 Å². The van der Waals surface area contributed by atoms with Crippen LogP contribution in [0, 0.1) is 5.92 Å². The van der Waals surface area contributed by atoms with Crippen molar-refractivity contribution in [1.82, 2.24) is 4.90 Å². The smallest absolute Gasteiger partial charge is 0.325 e. The lowest BCUT2D eigenvalue weighted by atomic mass is 9.95. The lowest BCUT2D eigenvalue weighted by Gasteiger charge is -2.29. The Morgan fingerprint density at radius 3 is 2.82 bits per heavy atom. The average molecular weight is 335 g/mol. The van der Waals surface area contributed by atoms with E-state index in [9.17, 15) is 18.0 Å². The second kappa shape index (κ2) is 6.87. The fourth-order valence-corrected chi connectivity index (χ4v) is 2.94. The first kappa shape index (κ1) is 17.1. The van der Waals surface area contributed by atoms with E-state index < -0.39 is 17.6 Å². The molecule has 0 saturated carbocycles. The van der Waals surface area contributed by atoms with Gasteiger partial charge in [0.05, 0.1) is 11.3 Å². The highest BCUT2D eigenvalue weighted by Crippen LogP contribution is 2.36. The fourth-order valence-electron chi connectivity index (χ4n) is 2.76. The van der Waals surface area contributed by atoms with E-state index >= 15 is 0 Å². The van der Waals surface area contributed by atoms with Crippen molar-refractivity contribution in [1.29, 1.82) is 0 Å². The second-order valence-electron chi connectivity index (χ2n) is 5.71. The van der Waals surface area contributed by atoms with Crippen molar-refractivity contribution in [2.24, 2.45) is 5.92 Å². The van der Waals surface area contributed by atoms with Crippen LogP contribution in [-0.2, 0) is 11.0 Å². The number of amides is 1. The molecule has 2 rings (SSSR count). The molecule has 1 amide bonds. The number of nitrogens with zero attached hydrogens (tertiary/aromatic N) is 1. The van der Waals surface area contributed by atoms with E-state index in [1.54, 1.807) is 0 Å². The number of anilines is 1. The summed E-state index contributed by atoms with van der Waals surface area (Å²) in [5.74, 6) is -0.214. The van der Waals surface area contributed by atoms with Gasteiger partial charge in [-0.2, -0.15) is 13.2 Å². The van der Waals surface area contributed by atoms with Gasteiger partial charge in [-0.3, -0.25) is 4.79 Å². The first-order valence-corrected chi connectivity index (χ1v) is 7.48. The number of carbonyl (C=O) groups is 1. The van der Waals surface area contributed by atoms with Gasteiger partial charge in [0, 0.05) is 18.0 Å². The summed E-state index contributed by atoms with van der Waals surface area (Å²) in [6.45, 7) is 1.79. The largest absolute Gasteiger partial charge is 0.418 e. The molecule has 1 aliphatic rings. The summed E-state index contributed by atoms with van der Waals surface area (Å²) in [6, 6.07) is 3.35. The topological polar surface area (TPSA) is 32.3 Å². The number of piperidine rings is 1. The number of hydrogen-bond acceptors (Lipinski definition) is 2. The number of nitrogens with one attached hydrogen (secondary N) is 1. The van der Waals surface area contributed by atoms with Gasteiger partial charge in [0.2, 0.25) is 5.91 Å². The first-order chi connectivity index (χ1) is 10.3. The first-order valence-electron chi connectivity index (χ1n) is 7.11. The van der Waals surface area contributed by atoms with Crippen LogP contribution in [0.4, 0.5) is 18.9 Å². The molecule has 22 heavy (non-hydrogen) atoms. The second-order valence-corrected chi connectivity index (χ2v) is 6.15. The van der Waals surface area contributed by atoms with Gasteiger partial charge in [0.1, 0.15) is 0 Å². The lowest BCUT2D eigenvalue weighted by Crippen LogP contribution is -2.34. The molecule has 1 heterocycles. The zero-order valence-corrected chi connectivity index (χ0v) is 13.0. The van der Waals surface area contributed by atoms with Crippen LogP contribution in [0.25, 0.3) is 0 Å². The summed E-state index contributed by atoms with van der Waals surface area (Å²) in [5, 5.41) is 2.36. The third kappa shape index (κ3) is 4.61. The monoisotopic (exact) mass is 334 g/mol. The molecule has 1 saturated heterocycles. The minimum atomic E-state index is -4.56. The maximum atomic E-state index is 13.0. The van der Waals surface area contributed by atoms with E-state index in [0.717, 1.165) is 32.0 Å². The number of hydrogen-bond donors (Lipinski definition) is 1. The molecule has 1 atom stereocenters. The Bertz CT molecular complexity index is 548. The van der Waals surface area contributed by atoms with Crippen LogP contribution in [0.1, 0.15) is 24.8 Å². The quantitative estimate of drug-likeness (QED) is 0.905. The van der Waals surface area contributed by atoms with Crippen LogP contribution < -0.4 is 5.32 Å². The van der Waals surface area contributed by atoms with E-state index in [1.165, 1.54) is 12.1 Å². The highest BCUT2D eigenvalue weighted by molar-refractivity contribution is 6.30. The van der Waals surface area contributed by atoms with E-state index in [0.29, 0.717) is 0 Å². The van der Waals surface area contributed by atoms with Crippen molar-refractivity contribution < 1.29 is 18.0 Å². The van der Waals surface area contributed by atoms with Crippen LogP contribution >= 0.6 is 11.6 Å². The Hall–Kier alpha value is -1.27. The Labute approximate surface area is 132 Å². The predicted octanol–water partition coefficient (Wildman–Crippen LogP) is 4.03. The summed E-state index contributed by atoms with van der Waals surface area (Å²) in [4.78, 5) is 14.2. The summed E-state index contributed by atoms with van der Waals surface area (Å²) in [5.41, 5.74) is -1.17. The third-order valence-electron chi connectivity index (χ3n) is 3.76. The molecular formula is C15H18ClF3N2O. The molecule has 0 radical (unpaired) electrons. The van der Waals surface area contributed by atoms with Crippen LogP contribution in [0.15, 0.2) is 18.2 Å². The number of benzene rings is 1. The van der Waals surface area contributed by atoms with Gasteiger partial charge in [0.15, 0.2) is 0 Å². The molecule has 0 aromatic heterocycles. The van der Waals surface area contributed by atoms with Gasteiger partial charge < -0.3 is 10.2 Å². The van der Waals surface area contributed by atoms with Crippen LogP contribution in [0.2, 0.25) is 5.02 Å². The molecule has 1 aromatic carbocycles. The van der Waals surface area contributed by atoms with Gasteiger partial charge in [-0.15, -0.1) is 0 Å². The highest BCUT2D eigenvalue weighted by atomic mass is 35.5. The van der Waals surface area contributed by atoms with Gasteiger partial charge in [-0.05, 0) is 50.6 Å². The highest BCUT2D eigenvalue weighted by Gasteiger charge is 2.34. The molecule has 0 aliphatic carbocycles.